The molecule has 0 spiro atoms. The van der Waals surface area contributed by atoms with Gasteiger partial charge >= 0.3 is 17.9 Å². The van der Waals surface area contributed by atoms with Gasteiger partial charge in [-0.15, -0.1) is 0 Å². The molecule has 6 nitrogen and oxygen atoms in total. The molecule has 0 rings (SSSR count). The summed E-state index contributed by atoms with van der Waals surface area (Å²) in [6.07, 6.45) is 75.1. The topological polar surface area (TPSA) is 78.9 Å². The minimum Gasteiger partial charge on any atom is -0.462 e. The van der Waals surface area contributed by atoms with Gasteiger partial charge in [0.25, 0.3) is 0 Å². The lowest BCUT2D eigenvalue weighted by molar-refractivity contribution is -0.167. The molecule has 0 bridgehead atoms. The molecule has 0 saturated heterocycles. The minimum atomic E-state index is -0.802. The van der Waals surface area contributed by atoms with Gasteiger partial charge in [0.15, 0.2) is 6.10 Å². The summed E-state index contributed by atoms with van der Waals surface area (Å²) in [5, 5.41) is 0. The van der Waals surface area contributed by atoms with Gasteiger partial charge in [-0.3, -0.25) is 14.4 Å². The van der Waals surface area contributed by atoms with Crippen LogP contribution in [-0.4, -0.2) is 37.2 Å². The number of ether oxygens (including phenoxy) is 3. The monoisotopic (exact) mass is 993 g/mol. The Balaban J connectivity index is 4.42. The summed E-state index contributed by atoms with van der Waals surface area (Å²) >= 11 is 0. The molecule has 0 aliphatic rings. The number of carbonyl (C=O) groups excluding carboxylic acids is 3. The lowest BCUT2D eigenvalue weighted by atomic mass is 10.0. The number of hydrogen-bond donors (Lipinski definition) is 0. The lowest BCUT2D eigenvalue weighted by Gasteiger charge is -2.18. The van der Waals surface area contributed by atoms with Crippen molar-refractivity contribution in [2.24, 2.45) is 0 Å². The largest absolute Gasteiger partial charge is 0.462 e. The Morgan fingerprint density at radius 1 is 0.282 bits per heavy atom. The summed E-state index contributed by atoms with van der Waals surface area (Å²) in [7, 11) is 0. The first-order chi connectivity index (χ1) is 35.0. The van der Waals surface area contributed by atoms with Gasteiger partial charge in [0.05, 0.1) is 0 Å². The standard InChI is InChI=1S/C65H116O6/c1-4-7-10-13-16-19-22-25-28-31-32-35-37-40-43-46-49-52-55-58-64(67)70-61-62(71-65(68)59-56-53-50-47-44-41-38-34-30-27-24-21-18-15-12-9-6-3)60-69-63(66)57-54-51-48-45-42-39-36-33-29-26-23-20-17-14-11-8-5-2/h18,21,25,27-28,30,38,41,47,50,62H,4-17,19-20,22-24,26,29,31-37,39-40,42-46,48-49,51-61H2,1-3H3/b21-18+,28-25+,30-27+,41-38+,50-47+/t62-/m1/s1. The third-order valence-electron chi connectivity index (χ3n) is 13.5. The molecule has 71 heavy (non-hydrogen) atoms. The van der Waals surface area contributed by atoms with Crippen molar-refractivity contribution in [3.63, 3.8) is 0 Å². The maximum Gasteiger partial charge on any atom is 0.306 e. The van der Waals surface area contributed by atoms with Gasteiger partial charge < -0.3 is 14.2 Å². The van der Waals surface area contributed by atoms with Gasteiger partial charge in [0.2, 0.25) is 0 Å². The van der Waals surface area contributed by atoms with Crippen molar-refractivity contribution in [3.8, 4) is 0 Å². The van der Waals surface area contributed by atoms with Crippen molar-refractivity contribution in [2.45, 2.75) is 322 Å². The smallest absolute Gasteiger partial charge is 0.306 e. The quantitative estimate of drug-likeness (QED) is 0.0261. The number of rotatable bonds is 56. The Kier molecular flexibility index (Phi) is 57.2. The van der Waals surface area contributed by atoms with E-state index in [1.807, 2.05) is 0 Å². The second-order valence-electron chi connectivity index (χ2n) is 20.6. The summed E-state index contributed by atoms with van der Waals surface area (Å²) in [4.78, 5) is 38.2. The average Bonchev–Trinajstić information content (AvgIpc) is 3.37. The molecule has 0 aromatic rings. The fourth-order valence-electron chi connectivity index (χ4n) is 8.84. The Morgan fingerprint density at radius 3 is 0.873 bits per heavy atom. The molecule has 6 heteroatoms. The van der Waals surface area contributed by atoms with E-state index >= 15 is 0 Å². The lowest BCUT2D eigenvalue weighted by Crippen LogP contribution is -2.30. The van der Waals surface area contributed by atoms with Crippen LogP contribution in [0.5, 0.6) is 0 Å². The van der Waals surface area contributed by atoms with Gasteiger partial charge in [-0.25, -0.2) is 0 Å². The Hall–Kier alpha value is -2.89. The molecular weight excluding hydrogens is 877 g/mol. The van der Waals surface area contributed by atoms with E-state index in [-0.39, 0.29) is 37.5 Å². The second kappa shape index (κ2) is 59.7. The molecule has 0 aromatic carbocycles. The van der Waals surface area contributed by atoms with Crippen molar-refractivity contribution < 1.29 is 28.6 Å². The fourth-order valence-corrected chi connectivity index (χ4v) is 8.84. The molecule has 0 fully saturated rings. The minimum absolute atomic E-state index is 0.0933. The van der Waals surface area contributed by atoms with E-state index in [9.17, 15) is 14.4 Å². The van der Waals surface area contributed by atoms with Gasteiger partial charge in [0, 0.05) is 19.3 Å². The molecular formula is C65H116O6. The van der Waals surface area contributed by atoms with Gasteiger partial charge in [-0.05, 0) is 83.5 Å². The molecule has 0 aliphatic heterocycles. The van der Waals surface area contributed by atoms with E-state index in [0.29, 0.717) is 19.3 Å². The first-order valence-corrected chi connectivity index (χ1v) is 30.8. The van der Waals surface area contributed by atoms with Crippen molar-refractivity contribution in [1.82, 2.24) is 0 Å². The van der Waals surface area contributed by atoms with Crippen LogP contribution >= 0.6 is 0 Å². The maximum atomic E-state index is 12.9. The zero-order valence-corrected chi connectivity index (χ0v) is 47.2. The highest BCUT2D eigenvalue weighted by molar-refractivity contribution is 5.71. The van der Waals surface area contributed by atoms with Crippen LogP contribution in [0.15, 0.2) is 60.8 Å². The molecule has 412 valence electrons. The van der Waals surface area contributed by atoms with Crippen LogP contribution in [0.1, 0.15) is 316 Å². The van der Waals surface area contributed by atoms with Crippen LogP contribution in [0, 0.1) is 0 Å². The molecule has 0 amide bonds. The number of carbonyl (C=O) groups is 3. The molecule has 0 unspecified atom stereocenters. The Bertz CT molecular complexity index is 1280. The van der Waals surface area contributed by atoms with Crippen molar-refractivity contribution in [2.75, 3.05) is 13.2 Å². The van der Waals surface area contributed by atoms with E-state index in [0.717, 1.165) is 64.2 Å². The molecule has 0 aliphatic carbocycles. The first kappa shape index (κ1) is 68.1. The van der Waals surface area contributed by atoms with Crippen molar-refractivity contribution in [1.29, 1.82) is 0 Å². The van der Waals surface area contributed by atoms with E-state index in [2.05, 4.69) is 81.5 Å². The summed E-state index contributed by atoms with van der Waals surface area (Å²) in [6.45, 7) is 6.60. The summed E-state index contributed by atoms with van der Waals surface area (Å²) in [5.41, 5.74) is 0. The molecule has 1 atom stereocenters. The van der Waals surface area contributed by atoms with Crippen LogP contribution in [0.4, 0.5) is 0 Å². The average molecular weight is 994 g/mol. The number of hydrogen-bond acceptors (Lipinski definition) is 6. The predicted molar refractivity (Wildman–Crippen MR) is 307 cm³/mol. The summed E-state index contributed by atoms with van der Waals surface area (Å²) in [5.74, 6) is -0.936. The van der Waals surface area contributed by atoms with E-state index in [1.165, 1.54) is 205 Å². The molecule has 0 heterocycles. The van der Waals surface area contributed by atoms with E-state index in [1.54, 1.807) is 0 Å². The fraction of sp³-hybridized carbons (Fsp3) is 0.800. The van der Waals surface area contributed by atoms with Crippen LogP contribution < -0.4 is 0 Å². The van der Waals surface area contributed by atoms with Gasteiger partial charge in [-0.2, -0.15) is 0 Å². The highest BCUT2D eigenvalue weighted by Crippen LogP contribution is 2.16. The van der Waals surface area contributed by atoms with Crippen LogP contribution in [-0.2, 0) is 28.6 Å². The maximum absolute atomic E-state index is 12.9. The number of esters is 3. The second-order valence-corrected chi connectivity index (χ2v) is 20.6. The Labute approximate surface area is 440 Å². The van der Waals surface area contributed by atoms with E-state index < -0.39 is 6.10 Å². The Morgan fingerprint density at radius 2 is 0.521 bits per heavy atom. The summed E-state index contributed by atoms with van der Waals surface area (Å²) < 4.78 is 16.9. The highest BCUT2D eigenvalue weighted by Gasteiger charge is 2.19. The molecule has 0 N–H and O–H groups in total. The highest BCUT2D eigenvalue weighted by atomic mass is 16.6. The predicted octanol–water partition coefficient (Wildman–Crippen LogP) is 20.8. The first-order valence-electron chi connectivity index (χ1n) is 30.8. The zero-order chi connectivity index (χ0) is 51.4. The number of unbranched alkanes of at least 4 members (excludes halogenated alkanes) is 35. The summed E-state index contributed by atoms with van der Waals surface area (Å²) in [6, 6.07) is 0. The third kappa shape index (κ3) is 57.9. The normalized spacial score (nSPS) is 12.4. The van der Waals surface area contributed by atoms with E-state index in [4.69, 9.17) is 14.2 Å². The molecule has 0 radical (unpaired) electrons. The number of allylic oxidation sites excluding steroid dienone is 10. The SMILES string of the molecule is CCCCC/C=C/C/C=C/C/C=C/C/C=C/CCCC(=O)O[C@@H](COC(=O)CCCCCCCCCCC/C=C/CCCCCCCC)COC(=O)CCCCCCCCCCCCCCCCCCC. The van der Waals surface area contributed by atoms with Crippen LogP contribution in [0.2, 0.25) is 0 Å². The third-order valence-corrected chi connectivity index (χ3v) is 13.5. The van der Waals surface area contributed by atoms with Gasteiger partial charge in [0.1, 0.15) is 13.2 Å². The van der Waals surface area contributed by atoms with Gasteiger partial charge in [-0.1, -0.05) is 274 Å². The van der Waals surface area contributed by atoms with Crippen molar-refractivity contribution >= 4 is 17.9 Å². The molecule has 0 aromatic heterocycles. The van der Waals surface area contributed by atoms with Crippen LogP contribution in [0.25, 0.3) is 0 Å². The zero-order valence-electron chi connectivity index (χ0n) is 47.2. The van der Waals surface area contributed by atoms with Crippen molar-refractivity contribution in [3.05, 3.63) is 60.8 Å². The molecule has 0 saturated carbocycles. The van der Waals surface area contributed by atoms with Crippen LogP contribution in [0.3, 0.4) is 0 Å².